The van der Waals surface area contributed by atoms with Crippen molar-refractivity contribution in [2.75, 3.05) is 24.3 Å². The smallest absolute Gasteiger partial charge is 0.305 e. The molecule has 0 spiro atoms. The predicted octanol–water partition coefficient (Wildman–Crippen LogP) is 5.97. The van der Waals surface area contributed by atoms with Crippen LogP contribution in [0.1, 0.15) is 81.0 Å². The SMILES string of the molecule is CN(C)c1ccc(-c2nc3c(C(=O)NC(CC(=O)O)C4CCCCC4)cccn3c2NC2CCCCC2)cc1. The van der Waals surface area contributed by atoms with Crippen LogP contribution in [-0.2, 0) is 4.79 Å². The number of anilines is 2. The minimum Gasteiger partial charge on any atom is -0.481 e. The van der Waals surface area contributed by atoms with E-state index in [2.05, 4.69) is 39.8 Å². The third-order valence-electron chi connectivity index (χ3n) is 8.43. The Hall–Kier alpha value is -3.55. The van der Waals surface area contributed by atoms with E-state index in [1.807, 2.05) is 30.8 Å². The molecular weight excluding hydrogens is 490 g/mol. The van der Waals surface area contributed by atoms with Crippen molar-refractivity contribution in [3.8, 4) is 11.3 Å². The Labute approximate surface area is 230 Å². The molecule has 208 valence electrons. The van der Waals surface area contributed by atoms with Crippen LogP contribution in [0, 0.1) is 5.92 Å². The molecule has 2 heterocycles. The average molecular weight is 532 g/mol. The predicted molar refractivity (Wildman–Crippen MR) is 156 cm³/mol. The minimum absolute atomic E-state index is 0.0636. The van der Waals surface area contributed by atoms with E-state index in [-0.39, 0.29) is 24.3 Å². The van der Waals surface area contributed by atoms with Crippen molar-refractivity contribution in [1.82, 2.24) is 14.7 Å². The molecule has 1 amide bonds. The molecule has 3 N–H and O–H groups in total. The standard InChI is InChI=1S/C31H41N5O3/c1-35(2)24-17-15-22(16-18-24)28-30(32-23-12-7-4-8-13-23)36-19-9-14-25(29(36)34-28)31(39)33-26(20-27(37)38)21-10-5-3-6-11-21/h9,14-19,21,23,26,32H,3-8,10-13,20H2,1-2H3,(H,33,39)(H,37,38). The molecule has 1 atom stereocenters. The van der Waals surface area contributed by atoms with Gasteiger partial charge in [0.15, 0.2) is 5.65 Å². The first-order valence-electron chi connectivity index (χ1n) is 14.5. The van der Waals surface area contributed by atoms with Gasteiger partial charge < -0.3 is 20.6 Å². The Morgan fingerprint density at radius 2 is 1.67 bits per heavy atom. The van der Waals surface area contributed by atoms with Crippen molar-refractivity contribution in [2.45, 2.75) is 82.7 Å². The van der Waals surface area contributed by atoms with Gasteiger partial charge in [-0.25, -0.2) is 4.98 Å². The molecule has 1 unspecified atom stereocenters. The van der Waals surface area contributed by atoms with Gasteiger partial charge in [-0.1, -0.05) is 50.7 Å². The zero-order valence-electron chi connectivity index (χ0n) is 23.2. The second-order valence-corrected chi connectivity index (χ2v) is 11.4. The number of fused-ring (bicyclic) bond motifs is 1. The second kappa shape index (κ2) is 12.1. The average Bonchev–Trinajstić information content (AvgIpc) is 3.31. The van der Waals surface area contributed by atoms with Gasteiger partial charge in [-0.15, -0.1) is 0 Å². The Bertz CT molecular complexity index is 1290. The summed E-state index contributed by atoms with van der Waals surface area (Å²) in [5.41, 5.74) is 3.96. The number of rotatable bonds is 9. The molecule has 2 fully saturated rings. The Balaban J connectivity index is 1.51. The van der Waals surface area contributed by atoms with Gasteiger partial charge in [0.05, 0.1) is 12.0 Å². The maximum absolute atomic E-state index is 13.7. The summed E-state index contributed by atoms with van der Waals surface area (Å²) in [7, 11) is 4.04. The van der Waals surface area contributed by atoms with E-state index in [1.165, 1.54) is 25.7 Å². The van der Waals surface area contributed by atoms with Crippen molar-refractivity contribution < 1.29 is 14.7 Å². The number of imidazole rings is 1. The molecule has 2 saturated carbocycles. The molecule has 39 heavy (non-hydrogen) atoms. The van der Waals surface area contributed by atoms with Crippen LogP contribution in [0.2, 0.25) is 0 Å². The van der Waals surface area contributed by atoms with Gasteiger partial charge in [-0.3, -0.25) is 14.0 Å². The quantitative estimate of drug-likeness (QED) is 0.315. The molecule has 0 saturated heterocycles. The number of pyridine rings is 1. The van der Waals surface area contributed by atoms with Gasteiger partial charge in [0.1, 0.15) is 11.5 Å². The normalized spacial score (nSPS) is 17.6. The number of carboxylic acid groups (broad SMARTS) is 1. The summed E-state index contributed by atoms with van der Waals surface area (Å²) in [5.74, 6) is -0.0560. The first kappa shape index (κ1) is 27.0. The first-order chi connectivity index (χ1) is 18.9. The van der Waals surface area contributed by atoms with E-state index in [0.717, 1.165) is 61.3 Å². The van der Waals surface area contributed by atoms with Gasteiger partial charge in [-0.05, 0) is 55.9 Å². The summed E-state index contributed by atoms with van der Waals surface area (Å²) >= 11 is 0. The molecule has 2 aromatic heterocycles. The lowest BCUT2D eigenvalue weighted by atomic mass is 9.82. The van der Waals surface area contributed by atoms with Gasteiger partial charge >= 0.3 is 5.97 Å². The lowest BCUT2D eigenvalue weighted by molar-refractivity contribution is -0.137. The first-order valence-corrected chi connectivity index (χ1v) is 14.5. The monoisotopic (exact) mass is 531 g/mol. The third-order valence-corrected chi connectivity index (χ3v) is 8.43. The number of nitrogens with one attached hydrogen (secondary N) is 2. The zero-order chi connectivity index (χ0) is 27.4. The van der Waals surface area contributed by atoms with E-state index in [0.29, 0.717) is 17.3 Å². The van der Waals surface area contributed by atoms with Gasteiger partial charge in [0.25, 0.3) is 5.91 Å². The maximum Gasteiger partial charge on any atom is 0.305 e. The summed E-state index contributed by atoms with van der Waals surface area (Å²) in [4.78, 5) is 32.4. The fourth-order valence-electron chi connectivity index (χ4n) is 6.25. The van der Waals surface area contributed by atoms with Crippen molar-refractivity contribution in [3.63, 3.8) is 0 Å². The number of hydrogen-bond donors (Lipinski definition) is 3. The fraction of sp³-hybridized carbons (Fsp3) is 0.516. The number of amides is 1. The molecular formula is C31H41N5O3. The summed E-state index contributed by atoms with van der Waals surface area (Å²) < 4.78 is 1.99. The van der Waals surface area contributed by atoms with Crippen LogP contribution >= 0.6 is 0 Å². The Morgan fingerprint density at radius 3 is 2.31 bits per heavy atom. The van der Waals surface area contributed by atoms with E-state index in [4.69, 9.17) is 4.98 Å². The highest BCUT2D eigenvalue weighted by atomic mass is 16.4. The van der Waals surface area contributed by atoms with Crippen molar-refractivity contribution in [1.29, 1.82) is 0 Å². The number of aromatic nitrogens is 2. The highest BCUT2D eigenvalue weighted by molar-refractivity contribution is 6.01. The zero-order valence-corrected chi connectivity index (χ0v) is 23.2. The number of nitrogens with zero attached hydrogens (tertiary/aromatic N) is 3. The number of carbonyl (C=O) groups is 2. The van der Waals surface area contributed by atoms with Crippen molar-refractivity contribution in [2.24, 2.45) is 5.92 Å². The number of benzene rings is 1. The van der Waals surface area contributed by atoms with Gasteiger partial charge in [0.2, 0.25) is 0 Å². The van der Waals surface area contributed by atoms with Crippen LogP contribution in [0.25, 0.3) is 16.9 Å². The highest BCUT2D eigenvalue weighted by Crippen LogP contribution is 2.34. The molecule has 8 nitrogen and oxygen atoms in total. The number of aliphatic carboxylic acids is 1. The lowest BCUT2D eigenvalue weighted by Crippen LogP contribution is -2.42. The minimum atomic E-state index is -0.882. The third kappa shape index (κ3) is 6.21. The molecule has 3 aromatic rings. The molecule has 5 rings (SSSR count). The summed E-state index contributed by atoms with van der Waals surface area (Å²) in [6.07, 6.45) is 13.1. The largest absolute Gasteiger partial charge is 0.481 e. The molecule has 2 aliphatic rings. The van der Waals surface area contributed by atoms with Crippen LogP contribution < -0.4 is 15.5 Å². The molecule has 0 bridgehead atoms. The molecule has 0 aliphatic heterocycles. The highest BCUT2D eigenvalue weighted by Gasteiger charge is 2.29. The summed E-state index contributed by atoms with van der Waals surface area (Å²) in [6, 6.07) is 12.0. The van der Waals surface area contributed by atoms with Crippen LogP contribution in [0.5, 0.6) is 0 Å². The summed E-state index contributed by atoms with van der Waals surface area (Å²) in [6.45, 7) is 0. The Kier molecular flexibility index (Phi) is 8.38. The molecule has 8 heteroatoms. The lowest BCUT2D eigenvalue weighted by Gasteiger charge is -2.30. The van der Waals surface area contributed by atoms with Gasteiger partial charge in [-0.2, -0.15) is 0 Å². The topological polar surface area (TPSA) is 99.0 Å². The van der Waals surface area contributed by atoms with Crippen LogP contribution in [0.15, 0.2) is 42.6 Å². The van der Waals surface area contributed by atoms with Crippen LogP contribution in [0.3, 0.4) is 0 Å². The molecule has 2 aliphatic carbocycles. The van der Waals surface area contributed by atoms with E-state index in [1.54, 1.807) is 6.07 Å². The van der Waals surface area contributed by atoms with Crippen LogP contribution in [0.4, 0.5) is 11.5 Å². The van der Waals surface area contributed by atoms with E-state index < -0.39 is 5.97 Å². The summed E-state index contributed by atoms with van der Waals surface area (Å²) in [5, 5.41) is 16.4. The van der Waals surface area contributed by atoms with Crippen molar-refractivity contribution >= 4 is 29.0 Å². The van der Waals surface area contributed by atoms with Crippen molar-refractivity contribution in [3.05, 3.63) is 48.2 Å². The second-order valence-electron chi connectivity index (χ2n) is 11.4. The number of hydrogen-bond acceptors (Lipinski definition) is 5. The molecule has 1 aromatic carbocycles. The van der Waals surface area contributed by atoms with Crippen LogP contribution in [-0.4, -0.2) is 52.5 Å². The van der Waals surface area contributed by atoms with E-state index >= 15 is 0 Å². The Morgan fingerprint density at radius 1 is 1.00 bits per heavy atom. The molecule has 0 radical (unpaired) electrons. The maximum atomic E-state index is 13.7. The fourth-order valence-corrected chi connectivity index (χ4v) is 6.25. The number of carbonyl (C=O) groups excluding carboxylic acids is 1. The van der Waals surface area contributed by atoms with E-state index in [9.17, 15) is 14.7 Å². The van der Waals surface area contributed by atoms with Gasteiger partial charge in [0, 0.05) is 43.6 Å². The number of carboxylic acids is 1.